The Morgan fingerprint density at radius 2 is 2.17 bits per heavy atom. The SMILES string of the molecule is CCC1c2ccc(OC)c(OC)c2CCN1C(=O)c1cn(CC2CNC(=O)O2)nn1. The van der Waals surface area contributed by atoms with E-state index in [1.807, 2.05) is 17.0 Å². The number of ether oxygens (including phenoxy) is 3. The zero-order valence-corrected chi connectivity index (χ0v) is 17.3. The zero-order valence-electron chi connectivity index (χ0n) is 17.3. The predicted molar refractivity (Wildman–Crippen MR) is 106 cm³/mol. The van der Waals surface area contributed by atoms with Crippen LogP contribution in [0.5, 0.6) is 11.5 Å². The van der Waals surface area contributed by atoms with E-state index in [2.05, 4.69) is 22.6 Å². The lowest BCUT2D eigenvalue weighted by Gasteiger charge is -2.37. The summed E-state index contributed by atoms with van der Waals surface area (Å²) in [4.78, 5) is 26.2. The van der Waals surface area contributed by atoms with Crippen LogP contribution in [-0.2, 0) is 17.7 Å². The monoisotopic (exact) mass is 415 g/mol. The number of cyclic esters (lactones) is 1. The maximum atomic E-state index is 13.2. The molecule has 2 atom stereocenters. The Labute approximate surface area is 174 Å². The van der Waals surface area contributed by atoms with Gasteiger partial charge in [-0.05, 0) is 24.5 Å². The van der Waals surface area contributed by atoms with E-state index >= 15 is 0 Å². The van der Waals surface area contributed by atoms with Crippen molar-refractivity contribution in [1.82, 2.24) is 25.2 Å². The number of alkyl carbamates (subject to hydrolysis) is 1. The van der Waals surface area contributed by atoms with E-state index in [1.165, 1.54) is 4.68 Å². The summed E-state index contributed by atoms with van der Waals surface area (Å²) >= 11 is 0. The number of carbonyl (C=O) groups is 2. The molecule has 4 rings (SSSR count). The first-order valence-corrected chi connectivity index (χ1v) is 9.95. The fraction of sp³-hybridized carbons (Fsp3) is 0.500. The first-order valence-electron chi connectivity index (χ1n) is 9.95. The largest absolute Gasteiger partial charge is 0.493 e. The molecule has 1 aromatic carbocycles. The standard InChI is InChI=1S/C20H25N5O5/c1-4-16-13-5-6-17(28-2)18(29-3)14(13)7-8-25(16)19(26)15-11-24(23-22-15)10-12-9-21-20(27)30-12/h5-6,11-12,16H,4,7-10H2,1-3H3,(H,21,27). The number of aromatic nitrogens is 3. The van der Waals surface area contributed by atoms with Gasteiger partial charge in [0.2, 0.25) is 0 Å². The van der Waals surface area contributed by atoms with Crippen molar-refractivity contribution in [2.24, 2.45) is 0 Å². The minimum Gasteiger partial charge on any atom is -0.493 e. The van der Waals surface area contributed by atoms with Crippen LogP contribution in [-0.4, -0.2) is 65.3 Å². The van der Waals surface area contributed by atoms with Gasteiger partial charge in [0.15, 0.2) is 17.2 Å². The van der Waals surface area contributed by atoms with Crippen LogP contribution in [0.3, 0.4) is 0 Å². The summed E-state index contributed by atoms with van der Waals surface area (Å²) in [5.41, 5.74) is 2.41. The van der Waals surface area contributed by atoms with Crippen LogP contribution >= 0.6 is 0 Å². The quantitative estimate of drug-likeness (QED) is 0.763. The second-order valence-corrected chi connectivity index (χ2v) is 7.28. The number of nitrogens with zero attached hydrogens (tertiary/aromatic N) is 4. The molecule has 1 aromatic heterocycles. The highest BCUT2D eigenvalue weighted by Gasteiger charge is 2.34. The lowest BCUT2D eigenvalue weighted by Crippen LogP contribution is -2.40. The Morgan fingerprint density at radius 1 is 1.33 bits per heavy atom. The van der Waals surface area contributed by atoms with Crippen molar-refractivity contribution in [2.75, 3.05) is 27.3 Å². The molecule has 0 bridgehead atoms. The topological polar surface area (TPSA) is 108 Å². The van der Waals surface area contributed by atoms with Gasteiger partial charge in [0.05, 0.1) is 39.5 Å². The van der Waals surface area contributed by atoms with Crippen LogP contribution in [0.25, 0.3) is 0 Å². The molecular weight excluding hydrogens is 390 g/mol. The normalized spacial score (nSPS) is 20.4. The van der Waals surface area contributed by atoms with Gasteiger partial charge in [-0.15, -0.1) is 5.10 Å². The van der Waals surface area contributed by atoms with Crippen LogP contribution in [0.15, 0.2) is 18.3 Å². The van der Waals surface area contributed by atoms with E-state index in [9.17, 15) is 9.59 Å². The van der Waals surface area contributed by atoms with E-state index in [0.717, 1.165) is 23.3 Å². The van der Waals surface area contributed by atoms with Gasteiger partial charge in [0.25, 0.3) is 5.91 Å². The van der Waals surface area contributed by atoms with Crippen molar-refractivity contribution >= 4 is 12.0 Å². The number of fused-ring (bicyclic) bond motifs is 1. The van der Waals surface area contributed by atoms with Gasteiger partial charge in [0.1, 0.15) is 6.10 Å². The van der Waals surface area contributed by atoms with Gasteiger partial charge in [-0.2, -0.15) is 0 Å². The third-order valence-corrected chi connectivity index (χ3v) is 5.57. The summed E-state index contributed by atoms with van der Waals surface area (Å²) in [5.74, 6) is 1.25. The molecule has 2 aromatic rings. The number of hydrogen-bond acceptors (Lipinski definition) is 7. The number of rotatable bonds is 6. The molecule has 0 spiro atoms. The lowest BCUT2D eigenvalue weighted by atomic mass is 9.89. The molecule has 2 aliphatic heterocycles. The van der Waals surface area contributed by atoms with Crippen molar-refractivity contribution < 1.29 is 23.8 Å². The highest BCUT2D eigenvalue weighted by Crippen LogP contribution is 2.41. The van der Waals surface area contributed by atoms with E-state index in [-0.39, 0.29) is 23.7 Å². The van der Waals surface area contributed by atoms with Crippen molar-refractivity contribution in [1.29, 1.82) is 0 Å². The number of hydrogen-bond donors (Lipinski definition) is 1. The van der Waals surface area contributed by atoms with Crippen LogP contribution < -0.4 is 14.8 Å². The average molecular weight is 415 g/mol. The second kappa shape index (κ2) is 8.21. The first-order chi connectivity index (χ1) is 14.5. The lowest BCUT2D eigenvalue weighted by molar-refractivity contribution is 0.0647. The third-order valence-electron chi connectivity index (χ3n) is 5.57. The van der Waals surface area contributed by atoms with E-state index in [1.54, 1.807) is 20.4 Å². The van der Waals surface area contributed by atoms with Crippen molar-refractivity contribution in [3.63, 3.8) is 0 Å². The Hall–Kier alpha value is -3.30. The number of nitrogens with one attached hydrogen (secondary N) is 1. The average Bonchev–Trinajstić information content (AvgIpc) is 3.40. The van der Waals surface area contributed by atoms with E-state index in [4.69, 9.17) is 14.2 Å². The van der Waals surface area contributed by atoms with E-state index < -0.39 is 6.09 Å². The molecule has 0 saturated carbocycles. The molecule has 10 nitrogen and oxygen atoms in total. The summed E-state index contributed by atoms with van der Waals surface area (Å²) in [7, 11) is 3.25. The Kier molecular flexibility index (Phi) is 5.47. The summed E-state index contributed by atoms with van der Waals surface area (Å²) in [6, 6.07) is 3.79. The molecule has 1 saturated heterocycles. The van der Waals surface area contributed by atoms with Gasteiger partial charge < -0.3 is 24.4 Å². The first kappa shape index (κ1) is 20.0. The van der Waals surface area contributed by atoms with E-state index in [0.29, 0.717) is 31.8 Å². The third kappa shape index (κ3) is 3.53. The second-order valence-electron chi connectivity index (χ2n) is 7.28. The fourth-order valence-corrected chi connectivity index (χ4v) is 4.19. The van der Waals surface area contributed by atoms with Crippen molar-refractivity contribution in [3.05, 3.63) is 35.2 Å². The molecule has 1 N–H and O–H groups in total. The van der Waals surface area contributed by atoms with Crippen LogP contribution in [0.2, 0.25) is 0 Å². The number of benzene rings is 1. The molecule has 3 heterocycles. The van der Waals surface area contributed by atoms with Gasteiger partial charge in [-0.3, -0.25) is 4.79 Å². The molecule has 10 heteroatoms. The fourth-order valence-electron chi connectivity index (χ4n) is 4.19. The molecule has 0 aliphatic carbocycles. The molecule has 1 fully saturated rings. The van der Waals surface area contributed by atoms with Gasteiger partial charge >= 0.3 is 6.09 Å². The summed E-state index contributed by atoms with van der Waals surface area (Å²) in [6.45, 7) is 3.35. The zero-order chi connectivity index (χ0) is 21.3. The van der Waals surface area contributed by atoms with Gasteiger partial charge in [0, 0.05) is 12.1 Å². The Balaban J connectivity index is 1.54. The minimum absolute atomic E-state index is 0.0915. The van der Waals surface area contributed by atoms with Crippen LogP contribution in [0, 0.1) is 0 Å². The molecule has 160 valence electrons. The predicted octanol–water partition coefficient (Wildman–Crippen LogP) is 1.55. The summed E-state index contributed by atoms with van der Waals surface area (Å²) in [6.07, 6.45) is 2.25. The van der Waals surface area contributed by atoms with Gasteiger partial charge in [-0.1, -0.05) is 18.2 Å². The molecule has 0 radical (unpaired) electrons. The highest BCUT2D eigenvalue weighted by molar-refractivity contribution is 5.92. The molecule has 2 aliphatic rings. The Morgan fingerprint density at radius 3 is 2.83 bits per heavy atom. The minimum atomic E-state index is -0.443. The van der Waals surface area contributed by atoms with Crippen molar-refractivity contribution in [2.45, 2.75) is 38.5 Å². The summed E-state index contributed by atoms with van der Waals surface area (Å²) < 4.78 is 17.6. The number of amides is 2. The van der Waals surface area contributed by atoms with Crippen LogP contribution in [0.4, 0.5) is 4.79 Å². The summed E-state index contributed by atoms with van der Waals surface area (Å²) in [5, 5.41) is 10.7. The van der Waals surface area contributed by atoms with Crippen LogP contribution in [0.1, 0.15) is 41.0 Å². The molecule has 30 heavy (non-hydrogen) atoms. The molecule has 2 amide bonds. The number of methoxy groups -OCH3 is 2. The maximum absolute atomic E-state index is 13.2. The van der Waals surface area contributed by atoms with Gasteiger partial charge in [-0.25, -0.2) is 9.48 Å². The smallest absolute Gasteiger partial charge is 0.407 e. The maximum Gasteiger partial charge on any atom is 0.407 e. The van der Waals surface area contributed by atoms with Crippen molar-refractivity contribution in [3.8, 4) is 11.5 Å². The molecule has 2 unspecified atom stereocenters. The Bertz CT molecular complexity index is 959. The number of carbonyl (C=O) groups excluding carboxylic acids is 2. The highest BCUT2D eigenvalue weighted by atomic mass is 16.6. The molecular formula is C20H25N5O5.